The third kappa shape index (κ3) is 4.23. The molecule has 6 nitrogen and oxygen atoms in total. The van der Waals surface area contributed by atoms with Crippen LogP contribution >= 0.6 is 0 Å². The SMILES string of the molecule is O=C(CCNCC(O)c1ccccc1)N1CCc2c([nH]c(=O)c3ccccc23)C1. The largest absolute Gasteiger partial charge is 0.387 e. The molecule has 0 spiro atoms. The molecule has 1 unspecified atom stereocenters. The molecule has 0 radical (unpaired) electrons. The number of nitrogens with zero attached hydrogens (tertiary/aromatic N) is 1. The highest BCUT2D eigenvalue weighted by Gasteiger charge is 2.23. The van der Waals surface area contributed by atoms with Gasteiger partial charge < -0.3 is 20.3 Å². The lowest BCUT2D eigenvalue weighted by Crippen LogP contribution is -2.39. The minimum atomic E-state index is -0.591. The lowest BCUT2D eigenvalue weighted by molar-refractivity contribution is -0.132. The van der Waals surface area contributed by atoms with Gasteiger partial charge in [-0.1, -0.05) is 48.5 Å². The van der Waals surface area contributed by atoms with Gasteiger partial charge in [0.2, 0.25) is 5.91 Å². The van der Waals surface area contributed by atoms with Gasteiger partial charge in [0.05, 0.1) is 12.6 Å². The second-order valence-electron chi connectivity index (χ2n) is 7.40. The molecule has 29 heavy (non-hydrogen) atoms. The van der Waals surface area contributed by atoms with E-state index in [0.29, 0.717) is 38.0 Å². The van der Waals surface area contributed by atoms with Crippen LogP contribution in [0.15, 0.2) is 59.4 Å². The molecule has 0 aliphatic carbocycles. The van der Waals surface area contributed by atoms with E-state index in [-0.39, 0.29) is 11.5 Å². The second kappa shape index (κ2) is 8.59. The molecule has 1 aliphatic rings. The predicted molar refractivity (Wildman–Crippen MR) is 113 cm³/mol. The van der Waals surface area contributed by atoms with Crippen LogP contribution in [0.4, 0.5) is 0 Å². The molecule has 1 aromatic heterocycles. The quantitative estimate of drug-likeness (QED) is 0.562. The van der Waals surface area contributed by atoms with Crippen LogP contribution in [0.3, 0.4) is 0 Å². The minimum Gasteiger partial charge on any atom is -0.387 e. The standard InChI is InChI=1S/C23H25N3O3/c27-21(16-6-2-1-3-7-16)14-24-12-10-22(28)26-13-11-18-17-8-4-5-9-19(17)23(29)25-20(18)15-26/h1-9,21,24,27H,10-15H2,(H,25,29). The van der Waals surface area contributed by atoms with Gasteiger partial charge in [-0.05, 0) is 29.0 Å². The highest BCUT2D eigenvalue weighted by molar-refractivity contribution is 5.86. The number of aromatic nitrogens is 1. The average molecular weight is 391 g/mol. The molecule has 0 saturated carbocycles. The van der Waals surface area contributed by atoms with Crippen molar-refractivity contribution in [3.05, 3.63) is 81.8 Å². The highest BCUT2D eigenvalue weighted by Crippen LogP contribution is 2.24. The first-order valence-corrected chi connectivity index (χ1v) is 9.98. The Morgan fingerprint density at radius 2 is 1.83 bits per heavy atom. The number of rotatable bonds is 6. The van der Waals surface area contributed by atoms with Crippen molar-refractivity contribution in [2.45, 2.75) is 25.5 Å². The number of aliphatic hydroxyl groups is 1. The maximum atomic E-state index is 12.6. The summed E-state index contributed by atoms with van der Waals surface area (Å²) in [6.07, 6.45) is 0.499. The molecule has 1 atom stereocenters. The second-order valence-corrected chi connectivity index (χ2v) is 7.40. The Kier molecular flexibility index (Phi) is 5.74. The van der Waals surface area contributed by atoms with E-state index in [1.165, 1.54) is 0 Å². The number of pyridine rings is 1. The number of carbonyl (C=O) groups is 1. The summed E-state index contributed by atoms with van der Waals surface area (Å²) in [4.78, 5) is 29.7. The van der Waals surface area contributed by atoms with Crippen LogP contribution in [-0.2, 0) is 17.8 Å². The number of fused-ring (bicyclic) bond motifs is 3. The van der Waals surface area contributed by atoms with E-state index in [0.717, 1.165) is 28.6 Å². The molecular weight excluding hydrogens is 366 g/mol. The van der Waals surface area contributed by atoms with Gasteiger partial charge >= 0.3 is 0 Å². The zero-order valence-corrected chi connectivity index (χ0v) is 16.2. The summed E-state index contributed by atoms with van der Waals surface area (Å²) in [5, 5.41) is 15.0. The van der Waals surface area contributed by atoms with Crippen LogP contribution in [0.5, 0.6) is 0 Å². The summed E-state index contributed by atoms with van der Waals surface area (Å²) in [6.45, 7) is 1.98. The summed E-state index contributed by atoms with van der Waals surface area (Å²) >= 11 is 0. The van der Waals surface area contributed by atoms with Gasteiger partial charge in [-0.2, -0.15) is 0 Å². The van der Waals surface area contributed by atoms with Crippen molar-refractivity contribution in [3.63, 3.8) is 0 Å². The van der Waals surface area contributed by atoms with Crippen LogP contribution in [0.2, 0.25) is 0 Å². The van der Waals surface area contributed by atoms with Gasteiger partial charge in [-0.25, -0.2) is 0 Å². The Bertz CT molecular complexity index is 1060. The minimum absolute atomic E-state index is 0.0476. The van der Waals surface area contributed by atoms with Gasteiger partial charge in [-0.15, -0.1) is 0 Å². The zero-order valence-electron chi connectivity index (χ0n) is 16.2. The number of hydrogen-bond acceptors (Lipinski definition) is 4. The van der Waals surface area contributed by atoms with Gasteiger partial charge in [0.1, 0.15) is 0 Å². The summed E-state index contributed by atoms with van der Waals surface area (Å²) in [5.41, 5.74) is 2.72. The Balaban J connectivity index is 1.32. The fraction of sp³-hybridized carbons (Fsp3) is 0.304. The number of H-pyrrole nitrogens is 1. The van der Waals surface area contributed by atoms with Crippen LogP contribution in [0.1, 0.15) is 29.3 Å². The van der Waals surface area contributed by atoms with Crippen LogP contribution in [0.25, 0.3) is 10.8 Å². The first kappa shape index (κ1) is 19.4. The third-order valence-corrected chi connectivity index (χ3v) is 5.50. The molecule has 3 aromatic rings. The summed E-state index contributed by atoms with van der Waals surface area (Å²) in [7, 11) is 0. The molecule has 2 aromatic carbocycles. The van der Waals surface area contributed by atoms with E-state index >= 15 is 0 Å². The molecule has 0 saturated heterocycles. The number of aromatic amines is 1. The Labute approximate surface area is 169 Å². The first-order chi connectivity index (χ1) is 14.1. The van der Waals surface area contributed by atoms with Crippen molar-refractivity contribution in [1.29, 1.82) is 0 Å². The number of amides is 1. The van der Waals surface area contributed by atoms with E-state index in [1.807, 2.05) is 54.6 Å². The number of nitrogens with one attached hydrogen (secondary N) is 2. The Morgan fingerprint density at radius 3 is 2.62 bits per heavy atom. The topological polar surface area (TPSA) is 85.4 Å². The monoisotopic (exact) mass is 391 g/mol. The molecule has 3 N–H and O–H groups in total. The van der Waals surface area contributed by atoms with Crippen molar-refractivity contribution in [1.82, 2.24) is 15.2 Å². The number of carbonyl (C=O) groups excluding carboxylic acids is 1. The fourth-order valence-electron chi connectivity index (χ4n) is 3.92. The molecule has 0 bridgehead atoms. The number of benzene rings is 2. The van der Waals surface area contributed by atoms with Gasteiger partial charge in [0, 0.05) is 37.1 Å². The van der Waals surface area contributed by atoms with E-state index in [1.54, 1.807) is 4.90 Å². The van der Waals surface area contributed by atoms with Crippen LogP contribution < -0.4 is 10.9 Å². The van der Waals surface area contributed by atoms with E-state index in [4.69, 9.17) is 0 Å². The molecule has 0 fully saturated rings. The highest BCUT2D eigenvalue weighted by atomic mass is 16.3. The molecule has 4 rings (SSSR count). The summed E-state index contributed by atoms with van der Waals surface area (Å²) < 4.78 is 0. The van der Waals surface area contributed by atoms with Crippen molar-refractivity contribution >= 4 is 16.7 Å². The number of hydrogen-bond donors (Lipinski definition) is 3. The van der Waals surface area contributed by atoms with E-state index < -0.39 is 6.10 Å². The van der Waals surface area contributed by atoms with Crippen LogP contribution in [0, 0.1) is 0 Å². The summed E-state index contributed by atoms with van der Waals surface area (Å²) in [5.74, 6) is 0.0476. The Hall–Kier alpha value is -2.96. The Morgan fingerprint density at radius 1 is 1.10 bits per heavy atom. The maximum Gasteiger partial charge on any atom is 0.256 e. The van der Waals surface area contributed by atoms with Gasteiger partial charge in [0.25, 0.3) is 5.56 Å². The molecular formula is C23H25N3O3. The van der Waals surface area contributed by atoms with Gasteiger partial charge in [-0.3, -0.25) is 9.59 Å². The van der Waals surface area contributed by atoms with E-state index in [2.05, 4.69) is 10.3 Å². The third-order valence-electron chi connectivity index (χ3n) is 5.50. The average Bonchev–Trinajstić information content (AvgIpc) is 2.77. The molecule has 1 amide bonds. The molecule has 150 valence electrons. The molecule has 1 aliphatic heterocycles. The van der Waals surface area contributed by atoms with Crippen molar-refractivity contribution in [2.75, 3.05) is 19.6 Å². The first-order valence-electron chi connectivity index (χ1n) is 9.98. The maximum absolute atomic E-state index is 12.6. The van der Waals surface area contributed by atoms with E-state index in [9.17, 15) is 14.7 Å². The van der Waals surface area contributed by atoms with Crippen molar-refractivity contribution < 1.29 is 9.90 Å². The normalized spacial score (nSPS) is 14.6. The fourth-order valence-corrected chi connectivity index (χ4v) is 3.92. The predicted octanol–water partition coefficient (Wildman–Crippen LogP) is 2.13. The van der Waals surface area contributed by atoms with Gasteiger partial charge in [0.15, 0.2) is 0 Å². The van der Waals surface area contributed by atoms with Crippen molar-refractivity contribution in [3.8, 4) is 0 Å². The van der Waals surface area contributed by atoms with Crippen LogP contribution in [-0.4, -0.2) is 40.5 Å². The zero-order chi connectivity index (χ0) is 20.2. The van der Waals surface area contributed by atoms with Crippen molar-refractivity contribution in [2.24, 2.45) is 0 Å². The lowest BCUT2D eigenvalue weighted by Gasteiger charge is -2.29. The number of aliphatic hydroxyl groups excluding tert-OH is 1. The smallest absolute Gasteiger partial charge is 0.256 e. The molecule has 2 heterocycles. The summed E-state index contributed by atoms with van der Waals surface area (Å²) in [6, 6.07) is 17.1. The lowest BCUT2D eigenvalue weighted by atomic mass is 9.98. The molecule has 6 heteroatoms.